The van der Waals surface area contributed by atoms with Gasteiger partial charge in [0, 0.05) is 10.4 Å². The number of carbonyl (C=O) groups excluding carboxylic acids is 1. The molecule has 0 aliphatic rings. The largest absolute Gasteiger partial charge is 0.477 e. The van der Waals surface area contributed by atoms with Gasteiger partial charge in [-0.05, 0) is 30.5 Å². The van der Waals surface area contributed by atoms with E-state index in [-0.39, 0.29) is 10.7 Å². The highest BCUT2D eigenvalue weighted by molar-refractivity contribution is 7.14. The molecule has 1 aromatic heterocycles. The second kappa shape index (κ2) is 6.42. The van der Waals surface area contributed by atoms with E-state index in [4.69, 9.17) is 0 Å². The third-order valence-electron chi connectivity index (χ3n) is 4.06. The minimum atomic E-state index is -1.06. The normalized spacial score (nSPS) is 10.6. The van der Waals surface area contributed by atoms with Crippen molar-refractivity contribution in [1.29, 1.82) is 0 Å². The maximum absolute atomic E-state index is 12.8. The minimum Gasteiger partial charge on any atom is -0.477 e. The third-order valence-corrected chi connectivity index (χ3v) is 5.26. The molecular formula is C20H16O3S. The lowest BCUT2D eigenvalue weighted by atomic mass is 9.97. The Hall–Kier alpha value is -2.72. The molecule has 0 saturated heterocycles. The van der Waals surface area contributed by atoms with Gasteiger partial charge in [-0.1, -0.05) is 54.6 Å². The molecule has 0 amide bonds. The molecule has 0 bridgehead atoms. The molecule has 3 rings (SSSR count). The summed E-state index contributed by atoms with van der Waals surface area (Å²) in [5.41, 5.74) is 3.64. The number of ketones is 1. The van der Waals surface area contributed by atoms with Gasteiger partial charge in [-0.25, -0.2) is 4.79 Å². The number of benzene rings is 2. The summed E-state index contributed by atoms with van der Waals surface area (Å²) in [6, 6.07) is 17.2. The summed E-state index contributed by atoms with van der Waals surface area (Å²) in [6.45, 7) is 3.63. The summed E-state index contributed by atoms with van der Waals surface area (Å²) in [5.74, 6) is -1.30. The van der Waals surface area contributed by atoms with E-state index in [0.717, 1.165) is 32.9 Å². The van der Waals surface area contributed by atoms with Crippen LogP contribution in [0.15, 0.2) is 54.6 Å². The molecule has 4 heteroatoms. The van der Waals surface area contributed by atoms with Gasteiger partial charge < -0.3 is 5.11 Å². The fraction of sp³-hybridized carbons (Fsp3) is 0.100. The van der Waals surface area contributed by atoms with Crippen LogP contribution in [0.25, 0.3) is 11.1 Å². The quantitative estimate of drug-likeness (QED) is 0.685. The van der Waals surface area contributed by atoms with Crippen molar-refractivity contribution in [3.8, 4) is 11.1 Å². The van der Waals surface area contributed by atoms with Gasteiger partial charge in [-0.2, -0.15) is 0 Å². The van der Waals surface area contributed by atoms with E-state index in [0.29, 0.717) is 11.1 Å². The molecule has 120 valence electrons. The molecule has 0 saturated carbocycles. The Morgan fingerprint density at radius 1 is 0.875 bits per heavy atom. The van der Waals surface area contributed by atoms with Crippen molar-refractivity contribution < 1.29 is 14.7 Å². The van der Waals surface area contributed by atoms with E-state index >= 15 is 0 Å². The van der Waals surface area contributed by atoms with E-state index in [1.54, 1.807) is 19.1 Å². The number of carboxylic acids is 1. The molecule has 0 fully saturated rings. The molecule has 0 aliphatic heterocycles. The monoisotopic (exact) mass is 336 g/mol. The Morgan fingerprint density at radius 2 is 1.46 bits per heavy atom. The van der Waals surface area contributed by atoms with Gasteiger partial charge in [0.2, 0.25) is 0 Å². The lowest BCUT2D eigenvalue weighted by molar-refractivity contribution is 0.0698. The van der Waals surface area contributed by atoms with Gasteiger partial charge in [0.15, 0.2) is 5.78 Å². The molecule has 0 radical (unpaired) electrons. The van der Waals surface area contributed by atoms with Crippen molar-refractivity contribution in [2.45, 2.75) is 13.8 Å². The molecule has 3 nitrogen and oxygen atoms in total. The molecule has 0 unspecified atom stereocenters. The van der Waals surface area contributed by atoms with Gasteiger partial charge in [0.05, 0.1) is 5.56 Å². The van der Waals surface area contributed by atoms with Crippen molar-refractivity contribution >= 4 is 23.1 Å². The van der Waals surface area contributed by atoms with Crippen LogP contribution in [0.3, 0.4) is 0 Å². The van der Waals surface area contributed by atoms with Gasteiger partial charge in [0.1, 0.15) is 4.88 Å². The molecule has 1 N–H and O–H groups in total. The first-order valence-corrected chi connectivity index (χ1v) is 8.34. The number of aryl methyl sites for hydroxylation is 1. The van der Waals surface area contributed by atoms with Gasteiger partial charge in [-0.3, -0.25) is 4.79 Å². The van der Waals surface area contributed by atoms with Crippen LogP contribution in [0.1, 0.15) is 36.0 Å². The fourth-order valence-electron chi connectivity index (χ4n) is 2.64. The van der Waals surface area contributed by atoms with Crippen LogP contribution in [0.5, 0.6) is 0 Å². The van der Waals surface area contributed by atoms with Crippen LogP contribution in [-0.2, 0) is 0 Å². The smallest absolute Gasteiger partial charge is 0.346 e. The maximum Gasteiger partial charge on any atom is 0.346 e. The van der Waals surface area contributed by atoms with Crippen LogP contribution in [-0.4, -0.2) is 16.9 Å². The average molecular weight is 336 g/mol. The highest BCUT2D eigenvalue weighted by Gasteiger charge is 2.24. The van der Waals surface area contributed by atoms with Crippen molar-refractivity contribution in [3.05, 3.63) is 81.0 Å². The summed E-state index contributed by atoms with van der Waals surface area (Å²) in [6.07, 6.45) is 0. The van der Waals surface area contributed by atoms with E-state index in [1.807, 2.05) is 49.4 Å². The maximum atomic E-state index is 12.8. The van der Waals surface area contributed by atoms with Crippen LogP contribution >= 0.6 is 11.3 Å². The van der Waals surface area contributed by atoms with E-state index in [1.165, 1.54) is 0 Å². The Balaban J connectivity index is 1.99. The summed E-state index contributed by atoms with van der Waals surface area (Å²) < 4.78 is 0. The van der Waals surface area contributed by atoms with Crippen LogP contribution in [0.2, 0.25) is 0 Å². The van der Waals surface area contributed by atoms with Crippen molar-refractivity contribution in [2.24, 2.45) is 0 Å². The highest BCUT2D eigenvalue weighted by Crippen LogP contribution is 2.30. The molecule has 3 aromatic rings. The van der Waals surface area contributed by atoms with E-state index in [9.17, 15) is 14.7 Å². The van der Waals surface area contributed by atoms with Gasteiger partial charge in [0.25, 0.3) is 0 Å². The summed E-state index contributed by atoms with van der Waals surface area (Å²) in [7, 11) is 0. The summed E-state index contributed by atoms with van der Waals surface area (Å²) >= 11 is 1.15. The molecule has 0 spiro atoms. The van der Waals surface area contributed by atoms with Crippen LogP contribution < -0.4 is 0 Å². The molecule has 2 aromatic carbocycles. The topological polar surface area (TPSA) is 54.4 Å². The van der Waals surface area contributed by atoms with E-state index in [2.05, 4.69) is 0 Å². The number of hydrogen-bond donors (Lipinski definition) is 1. The Bertz CT molecular complexity index is 906. The molecule has 0 atom stereocenters. The second-order valence-electron chi connectivity index (χ2n) is 5.57. The molecule has 24 heavy (non-hydrogen) atoms. The van der Waals surface area contributed by atoms with Crippen molar-refractivity contribution in [3.63, 3.8) is 0 Å². The number of carbonyl (C=O) groups is 2. The number of carboxylic acid groups (broad SMARTS) is 1. The lowest BCUT2D eigenvalue weighted by Gasteiger charge is -2.05. The summed E-state index contributed by atoms with van der Waals surface area (Å²) in [5, 5.41) is 9.35. The fourth-order valence-corrected chi connectivity index (χ4v) is 3.64. The first kappa shape index (κ1) is 16.1. The van der Waals surface area contributed by atoms with Gasteiger partial charge >= 0.3 is 5.97 Å². The number of thiophene rings is 1. The number of rotatable bonds is 4. The zero-order valence-corrected chi connectivity index (χ0v) is 14.2. The van der Waals surface area contributed by atoms with Crippen LogP contribution in [0, 0.1) is 13.8 Å². The number of hydrogen-bond acceptors (Lipinski definition) is 3. The SMILES string of the molecule is Cc1sc(C(=O)O)c(C(=O)c2ccc(-c3ccccc3)cc2)c1C. The second-order valence-corrected chi connectivity index (χ2v) is 6.79. The predicted octanol–water partition coefficient (Wildman–Crippen LogP) is 4.96. The van der Waals surface area contributed by atoms with Crippen LogP contribution in [0.4, 0.5) is 0 Å². The predicted molar refractivity (Wildman–Crippen MR) is 96.1 cm³/mol. The van der Waals surface area contributed by atoms with Crippen molar-refractivity contribution in [1.82, 2.24) is 0 Å². The number of aromatic carboxylic acids is 1. The Morgan fingerprint density at radius 3 is 2.04 bits per heavy atom. The Labute approximate surface area is 144 Å². The van der Waals surface area contributed by atoms with E-state index < -0.39 is 5.97 Å². The minimum absolute atomic E-state index is 0.113. The zero-order chi connectivity index (χ0) is 17.3. The summed E-state index contributed by atoms with van der Waals surface area (Å²) in [4.78, 5) is 25.2. The van der Waals surface area contributed by atoms with Crippen molar-refractivity contribution in [2.75, 3.05) is 0 Å². The van der Waals surface area contributed by atoms with Gasteiger partial charge in [-0.15, -0.1) is 11.3 Å². The Kier molecular flexibility index (Phi) is 4.32. The molecular weight excluding hydrogens is 320 g/mol. The lowest BCUT2D eigenvalue weighted by Crippen LogP contribution is -2.08. The molecule has 0 aliphatic carbocycles. The third kappa shape index (κ3) is 2.88. The first-order valence-electron chi connectivity index (χ1n) is 7.52. The average Bonchev–Trinajstić information content (AvgIpc) is 2.91. The standard InChI is InChI=1S/C20H16O3S/c1-12-13(2)24-19(20(22)23)17(12)18(21)16-10-8-15(9-11-16)14-6-4-3-5-7-14/h3-11H,1-2H3,(H,22,23). The first-order chi connectivity index (χ1) is 11.5. The highest BCUT2D eigenvalue weighted by atomic mass is 32.1. The zero-order valence-electron chi connectivity index (χ0n) is 13.4. The molecule has 1 heterocycles.